The predicted molar refractivity (Wildman–Crippen MR) is 108 cm³/mol. The summed E-state index contributed by atoms with van der Waals surface area (Å²) in [6.45, 7) is 0. The number of nitrogens with zero attached hydrogens (tertiary/aromatic N) is 3. The smallest absolute Gasteiger partial charge is 0.236 e. The summed E-state index contributed by atoms with van der Waals surface area (Å²) in [5.74, 6) is -1.89. The number of aromatic nitrogens is 3. The SMILES string of the molecule is Cn1c(SCC(=O)Nc2nc(-c3ccc(F)c(F)c3)cs2)nc2ccccc21. The van der Waals surface area contributed by atoms with Gasteiger partial charge in [-0.25, -0.2) is 18.7 Å². The predicted octanol–water partition coefficient (Wildman–Crippen LogP) is 4.71. The summed E-state index contributed by atoms with van der Waals surface area (Å²) in [7, 11) is 1.91. The molecule has 0 saturated heterocycles. The van der Waals surface area contributed by atoms with Gasteiger partial charge in [0.05, 0.1) is 22.5 Å². The Morgan fingerprint density at radius 3 is 2.79 bits per heavy atom. The van der Waals surface area contributed by atoms with Crippen molar-refractivity contribution in [3.63, 3.8) is 0 Å². The van der Waals surface area contributed by atoms with E-state index in [1.54, 1.807) is 5.38 Å². The molecule has 28 heavy (non-hydrogen) atoms. The highest BCUT2D eigenvalue weighted by Crippen LogP contribution is 2.27. The second-order valence-electron chi connectivity index (χ2n) is 5.95. The van der Waals surface area contributed by atoms with Crippen LogP contribution in [0.2, 0.25) is 0 Å². The van der Waals surface area contributed by atoms with E-state index >= 15 is 0 Å². The third-order valence-corrected chi connectivity index (χ3v) is 5.83. The normalized spacial score (nSPS) is 11.1. The summed E-state index contributed by atoms with van der Waals surface area (Å²) in [5.41, 5.74) is 2.80. The number of carbonyl (C=O) groups is 1. The van der Waals surface area contributed by atoms with Crippen molar-refractivity contribution in [1.82, 2.24) is 14.5 Å². The largest absolute Gasteiger partial charge is 0.322 e. The number of thioether (sulfide) groups is 1. The van der Waals surface area contributed by atoms with Gasteiger partial charge >= 0.3 is 0 Å². The first-order valence-corrected chi connectivity index (χ1v) is 10.1. The molecule has 2 aromatic carbocycles. The van der Waals surface area contributed by atoms with Crippen LogP contribution in [0.4, 0.5) is 13.9 Å². The van der Waals surface area contributed by atoms with Gasteiger partial charge in [-0.3, -0.25) is 4.79 Å². The number of fused-ring (bicyclic) bond motifs is 1. The molecule has 9 heteroatoms. The number of amides is 1. The highest BCUT2D eigenvalue weighted by molar-refractivity contribution is 7.99. The molecule has 2 heterocycles. The lowest BCUT2D eigenvalue weighted by Gasteiger charge is -2.03. The highest BCUT2D eigenvalue weighted by Gasteiger charge is 2.13. The number of thiazole rings is 1. The number of halogens is 2. The molecule has 5 nitrogen and oxygen atoms in total. The molecule has 0 fully saturated rings. The van der Waals surface area contributed by atoms with Crippen molar-refractivity contribution in [1.29, 1.82) is 0 Å². The van der Waals surface area contributed by atoms with E-state index in [2.05, 4.69) is 15.3 Å². The second kappa shape index (κ2) is 7.69. The minimum Gasteiger partial charge on any atom is -0.322 e. The number of imidazole rings is 1. The number of hydrogen-bond acceptors (Lipinski definition) is 5. The average Bonchev–Trinajstić information content (AvgIpc) is 3.27. The number of para-hydroxylation sites is 2. The van der Waals surface area contributed by atoms with E-state index in [1.165, 1.54) is 29.2 Å². The lowest BCUT2D eigenvalue weighted by molar-refractivity contribution is -0.113. The van der Waals surface area contributed by atoms with Gasteiger partial charge in [0.15, 0.2) is 21.9 Å². The first-order chi connectivity index (χ1) is 13.5. The van der Waals surface area contributed by atoms with E-state index in [0.29, 0.717) is 16.4 Å². The van der Waals surface area contributed by atoms with Gasteiger partial charge in [-0.05, 0) is 30.3 Å². The summed E-state index contributed by atoms with van der Waals surface area (Å²) < 4.78 is 28.4. The molecule has 0 aliphatic rings. The van der Waals surface area contributed by atoms with Crippen LogP contribution in [0.3, 0.4) is 0 Å². The van der Waals surface area contributed by atoms with Gasteiger partial charge in [-0.2, -0.15) is 0 Å². The molecule has 0 aliphatic heterocycles. The van der Waals surface area contributed by atoms with Gasteiger partial charge in [0.25, 0.3) is 0 Å². The van der Waals surface area contributed by atoms with Gasteiger partial charge in [0.1, 0.15) is 0 Å². The number of hydrogen-bond donors (Lipinski definition) is 1. The van der Waals surface area contributed by atoms with Crippen molar-refractivity contribution in [3.8, 4) is 11.3 Å². The maximum atomic E-state index is 13.4. The summed E-state index contributed by atoms with van der Waals surface area (Å²) in [6, 6.07) is 11.3. The Labute approximate surface area is 167 Å². The zero-order valence-electron chi connectivity index (χ0n) is 14.6. The zero-order chi connectivity index (χ0) is 19.7. The molecule has 0 saturated carbocycles. The molecule has 0 unspecified atom stereocenters. The quantitative estimate of drug-likeness (QED) is 0.479. The average molecular weight is 416 g/mol. The van der Waals surface area contributed by atoms with Crippen molar-refractivity contribution in [2.75, 3.05) is 11.1 Å². The molecule has 4 rings (SSSR count). The van der Waals surface area contributed by atoms with Crippen LogP contribution in [-0.2, 0) is 11.8 Å². The van der Waals surface area contributed by atoms with E-state index in [1.807, 2.05) is 35.9 Å². The Kier molecular flexibility index (Phi) is 5.10. The molecule has 2 aromatic heterocycles. The van der Waals surface area contributed by atoms with Gasteiger partial charge in [0, 0.05) is 18.0 Å². The fourth-order valence-electron chi connectivity index (χ4n) is 2.66. The Balaban J connectivity index is 1.40. The number of anilines is 1. The molecule has 4 aromatic rings. The Hall–Kier alpha value is -2.78. The van der Waals surface area contributed by atoms with Crippen LogP contribution >= 0.6 is 23.1 Å². The van der Waals surface area contributed by atoms with E-state index in [-0.39, 0.29) is 11.7 Å². The van der Waals surface area contributed by atoms with Gasteiger partial charge < -0.3 is 9.88 Å². The monoisotopic (exact) mass is 416 g/mol. The van der Waals surface area contributed by atoms with Gasteiger partial charge in [-0.1, -0.05) is 23.9 Å². The van der Waals surface area contributed by atoms with Crippen LogP contribution < -0.4 is 5.32 Å². The molecule has 0 aliphatic carbocycles. The number of rotatable bonds is 5. The Morgan fingerprint density at radius 1 is 1.18 bits per heavy atom. The van der Waals surface area contributed by atoms with E-state index in [9.17, 15) is 13.6 Å². The van der Waals surface area contributed by atoms with Crippen LogP contribution in [0.1, 0.15) is 0 Å². The highest BCUT2D eigenvalue weighted by atomic mass is 32.2. The molecule has 0 atom stereocenters. The van der Waals surface area contributed by atoms with Crippen molar-refractivity contribution in [2.24, 2.45) is 7.05 Å². The van der Waals surface area contributed by atoms with E-state index in [0.717, 1.165) is 28.3 Å². The summed E-state index contributed by atoms with van der Waals surface area (Å²) in [4.78, 5) is 21.0. The fraction of sp³-hybridized carbons (Fsp3) is 0.105. The first-order valence-electron chi connectivity index (χ1n) is 8.26. The second-order valence-corrected chi connectivity index (χ2v) is 7.75. The van der Waals surface area contributed by atoms with Gasteiger partial charge in [-0.15, -0.1) is 11.3 Å². The number of nitrogens with one attached hydrogen (secondary N) is 1. The molecular weight excluding hydrogens is 402 g/mol. The fourth-order valence-corrected chi connectivity index (χ4v) is 4.18. The Morgan fingerprint density at radius 2 is 2.00 bits per heavy atom. The van der Waals surface area contributed by atoms with Crippen molar-refractivity contribution in [2.45, 2.75) is 5.16 Å². The maximum absolute atomic E-state index is 13.4. The Bertz CT molecular complexity index is 1170. The third-order valence-electron chi connectivity index (χ3n) is 4.04. The minimum absolute atomic E-state index is 0.178. The van der Waals surface area contributed by atoms with E-state index in [4.69, 9.17) is 0 Å². The first kappa shape index (κ1) is 18.6. The number of carbonyl (C=O) groups excluding carboxylic acids is 1. The lowest BCUT2D eigenvalue weighted by atomic mass is 10.2. The summed E-state index contributed by atoms with van der Waals surface area (Å²) >= 11 is 2.55. The van der Waals surface area contributed by atoms with Gasteiger partial charge in [0.2, 0.25) is 5.91 Å². The van der Waals surface area contributed by atoms with Crippen molar-refractivity contribution < 1.29 is 13.6 Å². The molecule has 0 radical (unpaired) electrons. The van der Waals surface area contributed by atoms with Crippen LogP contribution in [0, 0.1) is 11.6 Å². The molecule has 142 valence electrons. The van der Waals surface area contributed by atoms with Crippen molar-refractivity contribution >= 4 is 45.2 Å². The molecule has 0 spiro atoms. The molecular formula is C19H14F2N4OS2. The molecule has 1 amide bonds. The lowest BCUT2D eigenvalue weighted by Crippen LogP contribution is -2.14. The standard InChI is InChI=1S/C19H14F2N4OS2/c1-25-16-5-3-2-4-14(16)23-19(25)28-10-17(26)24-18-22-15(9-27-18)11-6-7-12(20)13(21)8-11/h2-9H,10H2,1H3,(H,22,24,26). The van der Waals surface area contributed by atoms with Crippen LogP contribution in [0.15, 0.2) is 53.0 Å². The molecule has 1 N–H and O–H groups in total. The van der Waals surface area contributed by atoms with Crippen LogP contribution in [0.25, 0.3) is 22.3 Å². The summed E-state index contributed by atoms with van der Waals surface area (Å²) in [5, 5.41) is 5.55. The van der Waals surface area contributed by atoms with Crippen molar-refractivity contribution in [3.05, 3.63) is 59.5 Å². The zero-order valence-corrected chi connectivity index (χ0v) is 16.3. The maximum Gasteiger partial charge on any atom is 0.236 e. The van der Waals surface area contributed by atoms with Crippen LogP contribution in [-0.4, -0.2) is 26.2 Å². The van der Waals surface area contributed by atoms with Crippen LogP contribution in [0.5, 0.6) is 0 Å². The topological polar surface area (TPSA) is 59.8 Å². The summed E-state index contributed by atoms with van der Waals surface area (Å²) in [6.07, 6.45) is 0. The molecule has 0 bridgehead atoms. The third kappa shape index (κ3) is 3.76. The number of benzene rings is 2. The van der Waals surface area contributed by atoms with E-state index < -0.39 is 11.6 Å². The number of aryl methyl sites for hydroxylation is 1. The minimum atomic E-state index is -0.935.